The van der Waals surface area contributed by atoms with Crippen LogP contribution in [-0.2, 0) is 21.1 Å². The highest BCUT2D eigenvalue weighted by Gasteiger charge is 2.27. The Morgan fingerprint density at radius 2 is 2.14 bits per heavy atom. The molecule has 2 rings (SSSR count). The van der Waals surface area contributed by atoms with Crippen LogP contribution in [0.2, 0.25) is 0 Å². The van der Waals surface area contributed by atoms with Crippen molar-refractivity contribution in [3.05, 3.63) is 35.6 Å². The van der Waals surface area contributed by atoms with Crippen LogP contribution in [-0.4, -0.2) is 31.9 Å². The highest BCUT2D eigenvalue weighted by Crippen LogP contribution is 2.15. The molecule has 1 amide bonds. The number of rotatable bonds is 5. The van der Waals surface area contributed by atoms with Gasteiger partial charge in [-0.1, -0.05) is 25.1 Å². The molecule has 0 saturated carbocycles. The molecule has 1 aliphatic rings. The molecule has 0 aliphatic carbocycles. The predicted octanol–water partition coefficient (Wildman–Crippen LogP) is 2.09. The number of sulfone groups is 1. The number of benzene rings is 1. The van der Waals surface area contributed by atoms with Gasteiger partial charge in [0.05, 0.1) is 11.5 Å². The number of carbonyl (C=O) groups is 1. The van der Waals surface area contributed by atoms with E-state index in [2.05, 4.69) is 5.32 Å². The standard InChI is InChI=1S/C16H22FNO3S/c1-12(8-9-13-5-2-3-7-15(13)17)16(19)18-14-6-4-10-22(20,21)11-14/h2-3,5,7,12,14H,4,6,8-11H2,1H3,(H,18,19)/t12-,14+/m0/s1. The van der Waals surface area contributed by atoms with E-state index in [1.165, 1.54) is 6.07 Å². The zero-order valence-corrected chi connectivity index (χ0v) is 13.5. The summed E-state index contributed by atoms with van der Waals surface area (Å²) in [4.78, 5) is 12.1. The lowest BCUT2D eigenvalue weighted by atomic mass is 9.99. The van der Waals surface area contributed by atoms with Gasteiger partial charge < -0.3 is 5.32 Å². The fraction of sp³-hybridized carbons (Fsp3) is 0.562. The first-order valence-corrected chi connectivity index (χ1v) is 9.44. The van der Waals surface area contributed by atoms with E-state index in [-0.39, 0.29) is 35.2 Å². The molecule has 4 nitrogen and oxygen atoms in total. The van der Waals surface area contributed by atoms with Crippen molar-refractivity contribution < 1.29 is 17.6 Å². The van der Waals surface area contributed by atoms with Crippen LogP contribution in [0.4, 0.5) is 4.39 Å². The van der Waals surface area contributed by atoms with Crippen molar-refractivity contribution >= 4 is 15.7 Å². The van der Waals surface area contributed by atoms with Gasteiger partial charge in [-0.15, -0.1) is 0 Å². The Morgan fingerprint density at radius 1 is 1.41 bits per heavy atom. The maximum Gasteiger partial charge on any atom is 0.223 e. The summed E-state index contributed by atoms with van der Waals surface area (Å²) in [6, 6.07) is 6.25. The molecule has 1 aliphatic heterocycles. The second-order valence-electron chi connectivity index (χ2n) is 5.99. The third kappa shape index (κ3) is 4.80. The topological polar surface area (TPSA) is 63.2 Å². The number of carbonyl (C=O) groups excluding carboxylic acids is 1. The van der Waals surface area contributed by atoms with E-state index in [0.29, 0.717) is 31.2 Å². The Kier molecular flexibility index (Phi) is 5.56. The number of aryl methyl sites for hydroxylation is 1. The fourth-order valence-electron chi connectivity index (χ4n) is 2.68. The molecule has 0 spiro atoms. The molecular weight excluding hydrogens is 305 g/mol. The Bertz CT molecular complexity index is 630. The van der Waals surface area contributed by atoms with Crippen LogP contribution in [0.25, 0.3) is 0 Å². The predicted molar refractivity (Wildman–Crippen MR) is 83.7 cm³/mol. The Balaban J connectivity index is 1.83. The normalized spacial score (nSPS) is 22.0. The SMILES string of the molecule is C[C@@H](CCc1ccccc1F)C(=O)N[C@@H]1CCCS(=O)(=O)C1. The van der Waals surface area contributed by atoms with E-state index in [1.807, 2.05) is 0 Å². The molecule has 6 heteroatoms. The van der Waals surface area contributed by atoms with E-state index >= 15 is 0 Å². The second-order valence-corrected chi connectivity index (χ2v) is 8.22. The van der Waals surface area contributed by atoms with Gasteiger partial charge in [0.1, 0.15) is 5.82 Å². The smallest absolute Gasteiger partial charge is 0.223 e. The van der Waals surface area contributed by atoms with Crippen LogP contribution in [0.15, 0.2) is 24.3 Å². The molecule has 1 saturated heterocycles. The molecule has 2 atom stereocenters. The van der Waals surface area contributed by atoms with E-state index in [1.54, 1.807) is 25.1 Å². The molecular formula is C16H22FNO3S. The van der Waals surface area contributed by atoms with Crippen molar-refractivity contribution in [1.82, 2.24) is 5.32 Å². The van der Waals surface area contributed by atoms with E-state index in [4.69, 9.17) is 0 Å². The van der Waals surface area contributed by atoms with Gasteiger partial charge in [-0.25, -0.2) is 12.8 Å². The number of halogens is 1. The minimum Gasteiger partial charge on any atom is -0.352 e. The van der Waals surface area contributed by atoms with E-state index in [9.17, 15) is 17.6 Å². The van der Waals surface area contributed by atoms with Crippen molar-refractivity contribution in [2.45, 2.75) is 38.6 Å². The molecule has 1 aromatic rings. The average Bonchev–Trinajstić information content (AvgIpc) is 2.45. The first-order chi connectivity index (χ1) is 10.4. The number of amides is 1. The van der Waals surface area contributed by atoms with Gasteiger partial charge in [-0.3, -0.25) is 4.79 Å². The summed E-state index contributed by atoms with van der Waals surface area (Å²) < 4.78 is 36.7. The van der Waals surface area contributed by atoms with Crippen LogP contribution in [0.3, 0.4) is 0 Å². The van der Waals surface area contributed by atoms with Crippen molar-refractivity contribution in [2.24, 2.45) is 5.92 Å². The first-order valence-electron chi connectivity index (χ1n) is 7.61. The lowest BCUT2D eigenvalue weighted by Gasteiger charge is -2.24. The minimum atomic E-state index is -3.03. The Hall–Kier alpha value is -1.43. The molecule has 1 heterocycles. The molecule has 1 fully saturated rings. The van der Waals surface area contributed by atoms with Crippen LogP contribution in [0.1, 0.15) is 31.7 Å². The molecule has 0 unspecified atom stereocenters. The minimum absolute atomic E-state index is 0.0266. The van der Waals surface area contributed by atoms with Crippen LogP contribution >= 0.6 is 0 Å². The second kappa shape index (κ2) is 7.22. The molecule has 1 N–H and O–H groups in total. The van der Waals surface area contributed by atoms with Crippen LogP contribution in [0.5, 0.6) is 0 Å². The number of hydrogen-bond donors (Lipinski definition) is 1. The third-order valence-corrected chi connectivity index (χ3v) is 5.88. The number of hydrogen-bond acceptors (Lipinski definition) is 3. The molecule has 122 valence electrons. The van der Waals surface area contributed by atoms with Crippen molar-refractivity contribution in [3.63, 3.8) is 0 Å². The molecule has 0 aromatic heterocycles. The highest BCUT2D eigenvalue weighted by molar-refractivity contribution is 7.91. The van der Waals surface area contributed by atoms with Gasteiger partial charge >= 0.3 is 0 Å². The van der Waals surface area contributed by atoms with Gasteiger partial charge in [0.15, 0.2) is 9.84 Å². The summed E-state index contributed by atoms with van der Waals surface area (Å²) in [5.74, 6) is -0.447. The first kappa shape index (κ1) is 16.9. The monoisotopic (exact) mass is 327 g/mol. The summed E-state index contributed by atoms with van der Waals surface area (Å²) >= 11 is 0. The zero-order chi connectivity index (χ0) is 16.2. The maximum atomic E-state index is 13.5. The van der Waals surface area contributed by atoms with Crippen molar-refractivity contribution in [2.75, 3.05) is 11.5 Å². The van der Waals surface area contributed by atoms with Gasteiger partial charge in [-0.05, 0) is 37.3 Å². The Labute approximate surface area is 131 Å². The van der Waals surface area contributed by atoms with Crippen LogP contribution < -0.4 is 5.32 Å². The largest absolute Gasteiger partial charge is 0.352 e. The molecule has 22 heavy (non-hydrogen) atoms. The van der Waals surface area contributed by atoms with Gasteiger partial charge in [-0.2, -0.15) is 0 Å². The highest BCUT2D eigenvalue weighted by atomic mass is 32.2. The van der Waals surface area contributed by atoms with E-state index in [0.717, 1.165) is 0 Å². The fourth-order valence-corrected chi connectivity index (χ4v) is 4.32. The molecule has 1 aromatic carbocycles. The third-order valence-electron chi connectivity index (χ3n) is 4.06. The molecule has 0 bridgehead atoms. The zero-order valence-electron chi connectivity index (χ0n) is 12.7. The molecule has 0 radical (unpaired) electrons. The summed E-state index contributed by atoms with van der Waals surface area (Å²) in [6.07, 6.45) is 2.32. The average molecular weight is 327 g/mol. The number of nitrogens with one attached hydrogen (secondary N) is 1. The summed E-state index contributed by atoms with van der Waals surface area (Å²) in [5.41, 5.74) is 0.599. The van der Waals surface area contributed by atoms with Crippen molar-refractivity contribution in [3.8, 4) is 0 Å². The summed E-state index contributed by atoms with van der Waals surface area (Å²) in [5, 5.41) is 2.81. The maximum absolute atomic E-state index is 13.5. The lowest BCUT2D eigenvalue weighted by molar-refractivity contribution is -0.125. The quantitative estimate of drug-likeness (QED) is 0.901. The van der Waals surface area contributed by atoms with Gasteiger partial charge in [0.25, 0.3) is 0 Å². The van der Waals surface area contributed by atoms with Gasteiger partial charge in [0.2, 0.25) is 5.91 Å². The van der Waals surface area contributed by atoms with Crippen LogP contribution in [0, 0.1) is 11.7 Å². The van der Waals surface area contributed by atoms with Gasteiger partial charge in [0, 0.05) is 12.0 Å². The van der Waals surface area contributed by atoms with Crippen molar-refractivity contribution in [1.29, 1.82) is 0 Å². The van der Waals surface area contributed by atoms with E-state index < -0.39 is 9.84 Å². The summed E-state index contributed by atoms with van der Waals surface area (Å²) in [6.45, 7) is 1.79. The summed E-state index contributed by atoms with van der Waals surface area (Å²) in [7, 11) is -3.03. The Morgan fingerprint density at radius 3 is 2.82 bits per heavy atom. The lowest BCUT2D eigenvalue weighted by Crippen LogP contribution is -2.45.